The Morgan fingerprint density at radius 3 is 2.76 bits per heavy atom. The molecule has 1 aromatic carbocycles. The Balaban J connectivity index is 2.25. The topological polar surface area (TPSA) is 78.4 Å². The van der Waals surface area contributed by atoms with Gasteiger partial charge in [-0.05, 0) is 44.9 Å². The van der Waals surface area contributed by atoms with Gasteiger partial charge in [0, 0.05) is 0 Å². The number of benzene rings is 1. The maximum Gasteiger partial charge on any atom is 0.337 e. The molecule has 2 rings (SSSR count). The average molecular weight is 290 g/mol. The molecule has 0 radical (unpaired) electrons. The van der Waals surface area contributed by atoms with Gasteiger partial charge in [0.05, 0.1) is 16.8 Å². The van der Waals surface area contributed by atoms with E-state index in [9.17, 15) is 14.7 Å². The number of carbonyl (C=O) groups is 2. The second-order valence-electron chi connectivity index (χ2n) is 5.67. The van der Waals surface area contributed by atoms with Gasteiger partial charge in [-0.3, -0.25) is 4.79 Å². The monoisotopic (exact) mass is 290 g/mol. The molecule has 0 bridgehead atoms. The van der Waals surface area contributed by atoms with E-state index >= 15 is 0 Å². The summed E-state index contributed by atoms with van der Waals surface area (Å²) in [4.78, 5) is 23.9. The van der Waals surface area contributed by atoms with Gasteiger partial charge in [0.2, 0.25) is 5.91 Å². The van der Waals surface area contributed by atoms with Crippen LogP contribution < -0.4 is 10.6 Å². The highest BCUT2D eigenvalue weighted by Crippen LogP contribution is 2.27. The van der Waals surface area contributed by atoms with E-state index in [-0.39, 0.29) is 11.5 Å². The van der Waals surface area contributed by atoms with Crippen molar-refractivity contribution in [2.75, 3.05) is 11.9 Å². The van der Waals surface area contributed by atoms with E-state index in [4.69, 9.17) is 0 Å². The minimum Gasteiger partial charge on any atom is -0.478 e. The van der Waals surface area contributed by atoms with Gasteiger partial charge in [-0.25, -0.2) is 4.79 Å². The number of carbonyl (C=O) groups excluding carboxylic acids is 1. The van der Waals surface area contributed by atoms with Gasteiger partial charge in [0.1, 0.15) is 0 Å². The molecule has 0 saturated carbocycles. The lowest BCUT2D eigenvalue weighted by Gasteiger charge is -2.28. The second-order valence-corrected chi connectivity index (χ2v) is 5.67. The molecule has 5 nitrogen and oxygen atoms in total. The molecule has 21 heavy (non-hydrogen) atoms. The molecule has 1 saturated heterocycles. The summed E-state index contributed by atoms with van der Waals surface area (Å²) in [5, 5.41) is 15.4. The van der Waals surface area contributed by atoms with Crippen molar-refractivity contribution < 1.29 is 14.7 Å². The highest BCUT2D eigenvalue weighted by atomic mass is 16.4. The Labute approximate surface area is 124 Å². The van der Waals surface area contributed by atoms with Crippen LogP contribution in [0.25, 0.3) is 0 Å². The molecule has 114 valence electrons. The van der Waals surface area contributed by atoms with Crippen molar-refractivity contribution >= 4 is 17.6 Å². The van der Waals surface area contributed by atoms with Crippen molar-refractivity contribution in [1.82, 2.24) is 5.32 Å². The molecule has 3 N–H and O–H groups in total. The quantitative estimate of drug-likeness (QED) is 0.778. The number of aryl methyl sites for hydroxylation is 1. The van der Waals surface area contributed by atoms with Crippen LogP contribution in [0, 0.1) is 6.92 Å². The average Bonchev–Trinajstić information content (AvgIpc) is 2.91. The SMILES string of the molecule is CCCC1(C(=O)Nc2ccc(C)cc2C(=O)O)CCCN1. The molecule has 0 aromatic heterocycles. The lowest BCUT2D eigenvalue weighted by atomic mass is 9.90. The Bertz CT molecular complexity index is 548. The third-order valence-electron chi connectivity index (χ3n) is 4.01. The Morgan fingerprint density at radius 2 is 2.19 bits per heavy atom. The summed E-state index contributed by atoms with van der Waals surface area (Å²) in [6.07, 6.45) is 3.42. The zero-order chi connectivity index (χ0) is 15.5. The van der Waals surface area contributed by atoms with Crippen LogP contribution in [0.1, 0.15) is 48.5 Å². The van der Waals surface area contributed by atoms with Gasteiger partial charge in [0.15, 0.2) is 0 Å². The van der Waals surface area contributed by atoms with Crippen LogP contribution in [-0.2, 0) is 4.79 Å². The molecule has 1 unspecified atom stereocenters. The van der Waals surface area contributed by atoms with E-state index in [1.54, 1.807) is 18.2 Å². The maximum atomic E-state index is 12.6. The van der Waals surface area contributed by atoms with Crippen molar-refractivity contribution in [1.29, 1.82) is 0 Å². The summed E-state index contributed by atoms with van der Waals surface area (Å²) < 4.78 is 0. The number of amides is 1. The molecule has 0 spiro atoms. The lowest BCUT2D eigenvalue weighted by molar-refractivity contribution is -0.122. The molecule has 1 atom stereocenters. The molecule has 5 heteroatoms. The van der Waals surface area contributed by atoms with Crippen LogP contribution in [-0.4, -0.2) is 29.1 Å². The van der Waals surface area contributed by atoms with E-state index in [0.29, 0.717) is 5.69 Å². The number of anilines is 1. The van der Waals surface area contributed by atoms with Crippen LogP contribution in [0.4, 0.5) is 5.69 Å². The molecule has 1 heterocycles. The van der Waals surface area contributed by atoms with E-state index in [2.05, 4.69) is 10.6 Å². The molecule has 1 aliphatic heterocycles. The Morgan fingerprint density at radius 1 is 1.43 bits per heavy atom. The summed E-state index contributed by atoms with van der Waals surface area (Å²) in [7, 11) is 0. The molecular formula is C16H22N2O3. The van der Waals surface area contributed by atoms with Gasteiger partial charge in [-0.2, -0.15) is 0 Å². The lowest BCUT2D eigenvalue weighted by Crippen LogP contribution is -2.50. The smallest absolute Gasteiger partial charge is 0.337 e. The van der Waals surface area contributed by atoms with Crippen molar-refractivity contribution in [2.24, 2.45) is 0 Å². The van der Waals surface area contributed by atoms with Gasteiger partial charge in [0.25, 0.3) is 0 Å². The Kier molecular flexibility index (Phi) is 4.63. The second kappa shape index (κ2) is 6.26. The largest absolute Gasteiger partial charge is 0.478 e. The summed E-state index contributed by atoms with van der Waals surface area (Å²) in [6.45, 7) is 4.70. The van der Waals surface area contributed by atoms with Gasteiger partial charge >= 0.3 is 5.97 Å². The normalized spacial score (nSPS) is 21.2. The predicted molar refractivity (Wildman–Crippen MR) is 81.6 cm³/mol. The number of carboxylic acids is 1. The first-order chi connectivity index (χ1) is 9.98. The highest BCUT2D eigenvalue weighted by molar-refractivity contribution is 6.04. The minimum atomic E-state index is -1.03. The highest BCUT2D eigenvalue weighted by Gasteiger charge is 2.40. The number of nitrogens with one attached hydrogen (secondary N) is 2. The zero-order valence-corrected chi connectivity index (χ0v) is 12.5. The van der Waals surface area contributed by atoms with Crippen molar-refractivity contribution in [3.05, 3.63) is 29.3 Å². The minimum absolute atomic E-state index is 0.131. The molecule has 1 aromatic rings. The van der Waals surface area contributed by atoms with Crippen molar-refractivity contribution in [3.8, 4) is 0 Å². The van der Waals surface area contributed by atoms with Crippen molar-refractivity contribution in [3.63, 3.8) is 0 Å². The molecule has 1 amide bonds. The van der Waals surface area contributed by atoms with Crippen LogP contribution >= 0.6 is 0 Å². The predicted octanol–water partition coefficient (Wildman–Crippen LogP) is 2.55. The number of hydrogen-bond donors (Lipinski definition) is 3. The molecule has 1 aliphatic rings. The van der Waals surface area contributed by atoms with Crippen molar-refractivity contribution in [2.45, 2.75) is 45.1 Å². The number of hydrogen-bond acceptors (Lipinski definition) is 3. The maximum absolute atomic E-state index is 12.6. The number of carboxylic acid groups (broad SMARTS) is 1. The molecule has 0 aliphatic carbocycles. The fourth-order valence-electron chi connectivity index (χ4n) is 2.94. The third-order valence-corrected chi connectivity index (χ3v) is 4.01. The fraction of sp³-hybridized carbons (Fsp3) is 0.500. The first kappa shape index (κ1) is 15.5. The standard InChI is InChI=1S/C16H22N2O3/c1-3-7-16(8-4-9-17-16)15(21)18-13-6-5-11(2)10-12(13)14(19)20/h5-6,10,17H,3-4,7-9H2,1-2H3,(H,18,21)(H,19,20). The summed E-state index contributed by atoms with van der Waals surface area (Å²) >= 11 is 0. The first-order valence-corrected chi connectivity index (χ1v) is 7.39. The van der Waals surface area contributed by atoms with Crippen LogP contribution in [0.15, 0.2) is 18.2 Å². The Hall–Kier alpha value is -1.88. The van der Waals surface area contributed by atoms with Gasteiger partial charge in [-0.15, -0.1) is 0 Å². The first-order valence-electron chi connectivity index (χ1n) is 7.39. The number of rotatable bonds is 5. The van der Waals surface area contributed by atoms with E-state index in [1.807, 2.05) is 13.8 Å². The van der Waals surface area contributed by atoms with Crippen LogP contribution in [0.3, 0.4) is 0 Å². The summed E-state index contributed by atoms with van der Waals surface area (Å²) in [6, 6.07) is 5.04. The van der Waals surface area contributed by atoms with E-state index < -0.39 is 11.5 Å². The molecule has 1 fully saturated rings. The summed E-state index contributed by atoms with van der Waals surface area (Å²) in [5.74, 6) is -1.16. The van der Waals surface area contributed by atoms with Crippen LogP contribution in [0.2, 0.25) is 0 Å². The van der Waals surface area contributed by atoms with E-state index in [0.717, 1.165) is 37.8 Å². The van der Waals surface area contributed by atoms with Gasteiger partial charge in [-0.1, -0.05) is 25.0 Å². The fourth-order valence-corrected chi connectivity index (χ4v) is 2.94. The third kappa shape index (κ3) is 3.24. The number of aromatic carboxylic acids is 1. The van der Waals surface area contributed by atoms with Crippen LogP contribution in [0.5, 0.6) is 0 Å². The van der Waals surface area contributed by atoms with E-state index in [1.165, 1.54) is 0 Å². The zero-order valence-electron chi connectivity index (χ0n) is 12.5. The summed E-state index contributed by atoms with van der Waals surface area (Å²) in [5.41, 5.74) is 0.790. The molecular weight excluding hydrogens is 268 g/mol. The van der Waals surface area contributed by atoms with Gasteiger partial charge < -0.3 is 15.7 Å².